The van der Waals surface area contributed by atoms with E-state index in [0.29, 0.717) is 65.6 Å². The van der Waals surface area contributed by atoms with Crippen LogP contribution in [0.25, 0.3) is 0 Å². The van der Waals surface area contributed by atoms with Crippen LogP contribution in [0, 0.1) is 10.8 Å². The second-order valence-corrected chi connectivity index (χ2v) is 8.40. The Hall–Kier alpha value is -1.46. The van der Waals surface area contributed by atoms with Gasteiger partial charge in [-0.25, -0.2) is 0 Å². The molecule has 10 nitrogen and oxygen atoms in total. The maximum absolute atomic E-state index is 11.5. The van der Waals surface area contributed by atoms with Gasteiger partial charge in [0.1, 0.15) is 6.29 Å². The third-order valence-corrected chi connectivity index (χ3v) is 4.89. The van der Waals surface area contributed by atoms with Crippen molar-refractivity contribution in [3.05, 3.63) is 4.91 Å². The molecule has 1 fully saturated rings. The Balaban J connectivity index is 0. The molecule has 1 aliphatic heterocycles. The molecule has 35 heavy (non-hydrogen) atoms. The lowest BCUT2D eigenvalue weighted by Crippen LogP contribution is -2.25. The molecule has 0 aliphatic carbocycles. The standard InChI is InChI=1S/C18H35NO6.C6H13N.CH3NO/c1-2-10-22-12-14-24-16-17-25-15-13-23-11-7-18(21)19-8-5-3-4-6-9-20;1-6-3-4-7(2)5-6;1-2-3/h9H,2-8,10-17H2,1H3,(H,19,21);6H,3-5H2,1-2H3;1H3. The third kappa shape index (κ3) is 32.5. The molecular formula is C25H51N3O7. The number of amides is 1. The van der Waals surface area contributed by atoms with Gasteiger partial charge in [0.05, 0.1) is 53.3 Å². The normalized spacial score (nSPS) is 14.9. The zero-order valence-corrected chi connectivity index (χ0v) is 22.6. The Morgan fingerprint density at radius 2 is 1.51 bits per heavy atom. The summed E-state index contributed by atoms with van der Waals surface area (Å²) in [7, 11) is 3.38. The highest BCUT2D eigenvalue weighted by atomic mass is 16.6. The van der Waals surface area contributed by atoms with Gasteiger partial charge in [0.25, 0.3) is 0 Å². The van der Waals surface area contributed by atoms with Gasteiger partial charge in [-0.15, -0.1) is 0 Å². The summed E-state index contributed by atoms with van der Waals surface area (Å²) in [6.07, 6.45) is 7.06. The number of hydrogen-bond acceptors (Lipinski definition) is 9. The zero-order valence-electron chi connectivity index (χ0n) is 22.6. The first-order valence-electron chi connectivity index (χ1n) is 12.9. The topological polar surface area (TPSA) is 116 Å². The molecule has 0 spiro atoms. The molecule has 1 amide bonds. The minimum absolute atomic E-state index is 0.00463. The minimum atomic E-state index is -0.00463. The maximum Gasteiger partial charge on any atom is 0.222 e. The van der Waals surface area contributed by atoms with Gasteiger partial charge in [-0.2, -0.15) is 4.91 Å². The number of carbonyl (C=O) groups is 2. The highest BCUT2D eigenvalue weighted by Crippen LogP contribution is 2.11. The molecule has 1 unspecified atom stereocenters. The summed E-state index contributed by atoms with van der Waals surface area (Å²) in [5.74, 6) is 0.944. The maximum atomic E-state index is 11.5. The molecule has 10 heteroatoms. The molecule has 1 heterocycles. The number of aldehydes is 1. The lowest BCUT2D eigenvalue weighted by molar-refractivity contribution is -0.122. The van der Waals surface area contributed by atoms with Crippen molar-refractivity contribution in [2.24, 2.45) is 11.1 Å². The van der Waals surface area contributed by atoms with E-state index >= 15 is 0 Å². The Labute approximate surface area is 212 Å². The van der Waals surface area contributed by atoms with Crippen LogP contribution in [0.3, 0.4) is 0 Å². The first-order chi connectivity index (χ1) is 17.0. The van der Waals surface area contributed by atoms with E-state index in [1.54, 1.807) is 0 Å². The quantitative estimate of drug-likeness (QED) is 0.152. The molecule has 0 bridgehead atoms. The van der Waals surface area contributed by atoms with E-state index in [2.05, 4.69) is 36.3 Å². The number of carbonyl (C=O) groups excluding carboxylic acids is 2. The summed E-state index contributed by atoms with van der Waals surface area (Å²) >= 11 is 0. The summed E-state index contributed by atoms with van der Waals surface area (Å²) < 4.78 is 21.4. The number of nitrogens with zero attached hydrogens (tertiary/aromatic N) is 2. The first-order valence-corrected chi connectivity index (χ1v) is 12.9. The molecule has 1 atom stereocenters. The largest absolute Gasteiger partial charge is 0.379 e. The van der Waals surface area contributed by atoms with Gasteiger partial charge in [-0.3, -0.25) is 4.79 Å². The van der Waals surface area contributed by atoms with E-state index in [4.69, 9.17) is 23.9 Å². The average molecular weight is 506 g/mol. The third-order valence-electron chi connectivity index (χ3n) is 4.89. The highest BCUT2D eigenvalue weighted by Gasteiger charge is 2.13. The number of hydrogen-bond donors (Lipinski definition) is 1. The van der Waals surface area contributed by atoms with Crippen LogP contribution in [0.1, 0.15) is 58.8 Å². The van der Waals surface area contributed by atoms with Crippen molar-refractivity contribution < 1.29 is 28.5 Å². The van der Waals surface area contributed by atoms with Gasteiger partial charge in [0, 0.05) is 32.5 Å². The number of unbranched alkanes of at least 4 members (excludes halogenated alkanes) is 3. The van der Waals surface area contributed by atoms with Crippen molar-refractivity contribution in [1.82, 2.24) is 10.2 Å². The fraction of sp³-hybridized carbons (Fsp3) is 0.920. The molecule has 1 saturated heterocycles. The smallest absolute Gasteiger partial charge is 0.222 e. The van der Waals surface area contributed by atoms with Crippen LogP contribution in [0.4, 0.5) is 0 Å². The van der Waals surface area contributed by atoms with Crippen molar-refractivity contribution in [2.75, 3.05) is 86.6 Å². The Bertz CT molecular complexity index is 462. The van der Waals surface area contributed by atoms with Crippen molar-refractivity contribution in [2.45, 2.75) is 58.8 Å². The fourth-order valence-corrected chi connectivity index (χ4v) is 3.07. The van der Waals surface area contributed by atoms with Crippen LogP contribution < -0.4 is 5.32 Å². The summed E-state index contributed by atoms with van der Waals surface area (Å²) in [5.41, 5.74) is 0. The molecule has 0 aromatic rings. The lowest BCUT2D eigenvalue weighted by atomic mass is 10.2. The lowest BCUT2D eigenvalue weighted by Gasteiger charge is -2.07. The molecule has 0 radical (unpaired) electrons. The predicted octanol–water partition coefficient (Wildman–Crippen LogP) is 3.07. The number of nitroso groups, excluding NO2 is 1. The van der Waals surface area contributed by atoms with Crippen LogP contribution in [0.2, 0.25) is 0 Å². The van der Waals surface area contributed by atoms with Gasteiger partial charge in [-0.1, -0.05) is 25.4 Å². The molecule has 1 rings (SSSR count). The van der Waals surface area contributed by atoms with E-state index < -0.39 is 0 Å². The molecule has 1 aliphatic rings. The van der Waals surface area contributed by atoms with Crippen molar-refractivity contribution in [1.29, 1.82) is 0 Å². The predicted molar refractivity (Wildman–Crippen MR) is 139 cm³/mol. The highest BCUT2D eigenvalue weighted by molar-refractivity contribution is 5.75. The van der Waals surface area contributed by atoms with E-state index in [-0.39, 0.29) is 5.91 Å². The molecular weight excluding hydrogens is 454 g/mol. The Morgan fingerprint density at radius 1 is 0.971 bits per heavy atom. The second-order valence-electron chi connectivity index (χ2n) is 8.40. The number of likely N-dealkylation sites (tertiary alicyclic amines) is 1. The van der Waals surface area contributed by atoms with E-state index in [1.807, 2.05) is 0 Å². The van der Waals surface area contributed by atoms with Gasteiger partial charge < -0.3 is 34.0 Å². The molecule has 0 aromatic heterocycles. The van der Waals surface area contributed by atoms with E-state index in [9.17, 15) is 9.59 Å². The molecule has 0 saturated carbocycles. The van der Waals surface area contributed by atoms with Crippen LogP contribution in [-0.4, -0.2) is 104 Å². The summed E-state index contributed by atoms with van der Waals surface area (Å²) in [4.78, 5) is 32.6. The summed E-state index contributed by atoms with van der Waals surface area (Å²) in [6, 6.07) is 0. The number of rotatable bonds is 20. The fourth-order valence-electron chi connectivity index (χ4n) is 3.07. The van der Waals surface area contributed by atoms with Gasteiger partial charge in [-0.05, 0) is 45.2 Å². The van der Waals surface area contributed by atoms with Gasteiger partial charge in [0.15, 0.2) is 0 Å². The monoisotopic (exact) mass is 505 g/mol. The van der Waals surface area contributed by atoms with E-state index in [1.165, 1.54) is 26.6 Å². The molecule has 1 N–H and O–H groups in total. The molecule has 0 aromatic carbocycles. The second kappa shape index (κ2) is 30.6. The van der Waals surface area contributed by atoms with Crippen LogP contribution in [0.5, 0.6) is 0 Å². The van der Waals surface area contributed by atoms with Crippen LogP contribution in [0.15, 0.2) is 5.18 Å². The van der Waals surface area contributed by atoms with Gasteiger partial charge in [0.2, 0.25) is 5.91 Å². The number of nitrogens with one attached hydrogen (secondary N) is 1. The minimum Gasteiger partial charge on any atom is -0.379 e. The Kier molecular flexibility index (Phi) is 31.2. The van der Waals surface area contributed by atoms with Crippen molar-refractivity contribution >= 4 is 12.2 Å². The summed E-state index contributed by atoms with van der Waals surface area (Å²) in [6.45, 7) is 12.1. The zero-order chi connectivity index (χ0) is 26.4. The van der Waals surface area contributed by atoms with Crippen molar-refractivity contribution in [3.8, 4) is 0 Å². The summed E-state index contributed by atoms with van der Waals surface area (Å²) in [5, 5.41) is 5.09. The van der Waals surface area contributed by atoms with Crippen LogP contribution in [-0.2, 0) is 28.5 Å². The first kappa shape index (κ1) is 35.7. The SMILES string of the molecule is CC1CCN(C)C1.CCCOCCOCCOCCOCCC(=O)NCCCCCC=O.CN=O. The Morgan fingerprint density at radius 3 is 1.94 bits per heavy atom. The molecule has 208 valence electrons. The number of ether oxygens (including phenoxy) is 4. The van der Waals surface area contributed by atoms with Crippen molar-refractivity contribution in [3.63, 3.8) is 0 Å². The van der Waals surface area contributed by atoms with Gasteiger partial charge >= 0.3 is 0 Å². The van der Waals surface area contributed by atoms with Crippen LogP contribution >= 0.6 is 0 Å². The van der Waals surface area contributed by atoms with E-state index in [0.717, 1.165) is 44.5 Å². The average Bonchev–Trinajstić information content (AvgIpc) is 3.22.